The second-order valence-electron chi connectivity index (χ2n) is 15.9. The van der Waals surface area contributed by atoms with Gasteiger partial charge >= 0.3 is 5.97 Å². The fourth-order valence-electron chi connectivity index (χ4n) is 10.2. The van der Waals surface area contributed by atoms with E-state index in [-0.39, 0.29) is 19.1 Å². The summed E-state index contributed by atoms with van der Waals surface area (Å²) in [7, 11) is 0. The molecule has 3 fully saturated rings. The lowest BCUT2D eigenvalue weighted by atomic mass is 9.47. The summed E-state index contributed by atoms with van der Waals surface area (Å²) < 4.78 is 17.1. The number of allylic oxidation sites excluding steroid dienone is 1. The molecule has 5 aliphatic rings. The molecule has 4 aliphatic carbocycles. The Bertz CT molecular complexity index is 1010. The fraction of sp³-hybridized carbons (Fsp3) is 0.861. The predicted molar refractivity (Wildman–Crippen MR) is 163 cm³/mol. The van der Waals surface area contributed by atoms with E-state index in [0.29, 0.717) is 16.6 Å². The maximum atomic E-state index is 11.8. The van der Waals surface area contributed by atoms with Gasteiger partial charge in [0.05, 0.1) is 24.9 Å². The maximum Gasteiger partial charge on any atom is 0.337 e. The number of cyclic esters (lactones) is 1. The van der Waals surface area contributed by atoms with Crippen LogP contribution in [0.3, 0.4) is 0 Å². The van der Waals surface area contributed by atoms with Crippen molar-refractivity contribution in [1.29, 1.82) is 0 Å². The van der Waals surface area contributed by atoms with Crippen LogP contribution in [0.25, 0.3) is 0 Å². The minimum atomic E-state index is -0.997. The van der Waals surface area contributed by atoms with Crippen LogP contribution in [0.5, 0.6) is 0 Å². The lowest BCUT2D eigenvalue weighted by Crippen LogP contribution is -2.51. The van der Waals surface area contributed by atoms with Crippen LogP contribution in [0.1, 0.15) is 126 Å². The van der Waals surface area contributed by atoms with Crippen LogP contribution in [0.4, 0.5) is 0 Å². The molecule has 0 bridgehead atoms. The normalized spacial score (nSPS) is 39.4. The van der Waals surface area contributed by atoms with Crippen LogP contribution in [0, 0.1) is 46.3 Å². The third kappa shape index (κ3) is 6.47. The molecule has 1 aliphatic heterocycles. The number of esters is 1. The molecule has 5 rings (SSSR count). The van der Waals surface area contributed by atoms with Gasteiger partial charge in [-0.15, -0.1) is 0 Å². The minimum absolute atomic E-state index is 0.152. The van der Waals surface area contributed by atoms with E-state index in [9.17, 15) is 9.90 Å². The molecule has 3 saturated carbocycles. The summed E-state index contributed by atoms with van der Waals surface area (Å²) in [4.78, 5) is 11.8. The first kappa shape index (κ1) is 31.1. The Kier molecular flexibility index (Phi) is 9.09. The monoisotopic (exact) mass is 570 g/mol. The topological polar surface area (TPSA) is 65.0 Å². The molecular formula is C36H58O5. The average Bonchev–Trinajstić information content (AvgIpc) is 3.23. The van der Waals surface area contributed by atoms with Crippen molar-refractivity contribution in [3.63, 3.8) is 0 Å². The number of hydrogen-bond donors (Lipinski definition) is 1. The van der Waals surface area contributed by atoms with E-state index >= 15 is 0 Å². The standard InChI is InChI=1S/C36H58O5/c1-23(2)9-8-10-24(3)30-13-14-31-29-12-11-25-19-27(15-17-35(25,6)32(29)16-18-36(30,31)7)39-22-26(37)20-28-21-33(38)41-34(4,5)40-28/h11,21,23-24,26-27,29-32,37H,8-10,12-20,22H2,1-7H3/t24-,26?,27+,29?,30?,31?,32?,35+,36-/m1/s1. The second-order valence-corrected chi connectivity index (χ2v) is 15.9. The summed E-state index contributed by atoms with van der Waals surface area (Å²) in [6.07, 6.45) is 18.0. The van der Waals surface area contributed by atoms with Gasteiger partial charge in [-0.2, -0.15) is 0 Å². The number of carbonyl (C=O) groups is 1. The summed E-state index contributed by atoms with van der Waals surface area (Å²) in [5.41, 5.74) is 2.45. The van der Waals surface area contributed by atoms with Crippen LogP contribution in [0.15, 0.2) is 23.5 Å². The summed E-state index contributed by atoms with van der Waals surface area (Å²) in [5.74, 6) is 4.15. The molecule has 232 valence electrons. The van der Waals surface area contributed by atoms with Gasteiger partial charge in [-0.05, 0) is 97.7 Å². The van der Waals surface area contributed by atoms with E-state index in [1.807, 2.05) is 0 Å². The van der Waals surface area contributed by atoms with Gasteiger partial charge in [-0.25, -0.2) is 4.79 Å². The van der Waals surface area contributed by atoms with E-state index in [0.717, 1.165) is 48.3 Å². The number of ether oxygens (including phenoxy) is 3. The number of hydrogen-bond acceptors (Lipinski definition) is 5. The van der Waals surface area contributed by atoms with Crippen molar-refractivity contribution in [1.82, 2.24) is 0 Å². The van der Waals surface area contributed by atoms with Gasteiger partial charge in [-0.1, -0.05) is 65.5 Å². The highest BCUT2D eigenvalue weighted by Gasteiger charge is 2.59. The van der Waals surface area contributed by atoms with Gasteiger partial charge in [0, 0.05) is 20.3 Å². The number of fused-ring (bicyclic) bond motifs is 5. The number of carbonyl (C=O) groups excluding carboxylic acids is 1. The molecular weight excluding hydrogens is 512 g/mol. The summed E-state index contributed by atoms with van der Waals surface area (Å²) in [5, 5.41) is 10.7. The van der Waals surface area contributed by atoms with Gasteiger partial charge in [0.25, 0.3) is 0 Å². The van der Waals surface area contributed by atoms with E-state index in [1.54, 1.807) is 19.4 Å². The summed E-state index contributed by atoms with van der Waals surface area (Å²) in [6, 6.07) is 0. The molecule has 0 radical (unpaired) electrons. The minimum Gasteiger partial charge on any atom is -0.457 e. The first-order chi connectivity index (χ1) is 19.3. The highest BCUT2D eigenvalue weighted by atomic mass is 16.7. The SMILES string of the molecule is CC(C)CCC[C@@H](C)C1CCC2C3CC=C4C[C@@H](OCC(O)CC5=CC(=O)OC(C)(C)O5)CC[C@]4(C)C3CC[C@@]21C. The fourth-order valence-corrected chi connectivity index (χ4v) is 10.2. The van der Waals surface area contributed by atoms with Gasteiger partial charge in [0.15, 0.2) is 0 Å². The van der Waals surface area contributed by atoms with Gasteiger partial charge in [0.1, 0.15) is 5.76 Å². The highest BCUT2D eigenvalue weighted by molar-refractivity contribution is 5.83. The second kappa shape index (κ2) is 12.0. The molecule has 41 heavy (non-hydrogen) atoms. The maximum absolute atomic E-state index is 11.8. The quantitative estimate of drug-likeness (QED) is 0.211. The van der Waals surface area contributed by atoms with Crippen molar-refractivity contribution in [3.05, 3.63) is 23.5 Å². The third-order valence-corrected chi connectivity index (χ3v) is 12.2. The number of aliphatic hydroxyl groups is 1. The molecule has 0 aromatic heterocycles. The molecule has 0 aromatic rings. The van der Waals surface area contributed by atoms with E-state index in [1.165, 1.54) is 63.9 Å². The summed E-state index contributed by atoms with van der Waals surface area (Å²) in [6.45, 7) is 16.2. The van der Waals surface area contributed by atoms with Crippen LogP contribution in [0.2, 0.25) is 0 Å². The zero-order valence-electron chi connectivity index (χ0n) is 27.0. The first-order valence-corrected chi connectivity index (χ1v) is 16.9. The van der Waals surface area contributed by atoms with E-state index in [2.05, 4.69) is 40.7 Å². The van der Waals surface area contributed by atoms with Gasteiger partial charge in [-0.3, -0.25) is 0 Å². The molecule has 1 heterocycles. The molecule has 5 heteroatoms. The van der Waals surface area contributed by atoms with Gasteiger partial charge < -0.3 is 19.3 Å². The Balaban J connectivity index is 1.16. The lowest BCUT2D eigenvalue weighted by molar-refractivity contribution is -0.207. The van der Waals surface area contributed by atoms with Crippen LogP contribution in [-0.2, 0) is 19.0 Å². The van der Waals surface area contributed by atoms with Crippen LogP contribution >= 0.6 is 0 Å². The Hall–Kier alpha value is -1.33. The van der Waals surface area contributed by atoms with Crippen LogP contribution < -0.4 is 0 Å². The summed E-state index contributed by atoms with van der Waals surface area (Å²) >= 11 is 0. The Labute approximate surface area is 249 Å². The number of rotatable bonds is 10. The Morgan fingerprint density at radius 2 is 1.78 bits per heavy atom. The smallest absolute Gasteiger partial charge is 0.337 e. The molecule has 0 amide bonds. The van der Waals surface area contributed by atoms with Crippen molar-refractivity contribution in [2.45, 2.75) is 144 Å². The van der Waals surface area contributed by atoms with Crippen molar-refractivity contribution in [2.24, 2.45) is 46.3 Å². The van der Waals surface area contributed by atoms with Crippen molar-refractivity contribution >= 4 is 5.97 Å². The Morgan fingerprint density at radius 3 is 2.51 bits per heavy atom. The molecule has 9 atom stereocenters. The van der Waals surface area contributed by atoms with Crippen molar-refractivity contribution in [2.75, 3.05) is 6.61 Å². The first-order valence-electron chi connectivity index (χ1n) is 16.9. The molecule has 0 spiro atoms. The van der Waals surface area contributed by atoms with E-state index in [4.69, 9.17) is 14.2 Å². The van der Waals surface area contributed by atoms with Crippen LogP contribution in [-0.4, -0.2) is 35.7 Å². The largest absolute Gasteiger partial charge is 0.457 e. The van der Waals surface area contributed by atoms with Gasteiger partial charge in [0.2, 0.25) is 5.79 Å². The third-order valence-electron chi connectivity index (χ3n) is 12.2. The van der Waals surface area contributed by atoms with Crippen molar-refractivity contribution in [3.8, 4) is 0 Å². The average molecular weight is 571 g/mol. The molecule has 1 N–H and O–H groups in total. The zero-order valence-corrected chi connectivity index (χ0v) is 27.0. The number of aliphatic hydroxyl groups excluding tert-OH is 1. The zero-order chi connectivity index (χ0) is 29.6. The molecule has 0 aromatic carbocycles. The van der Waals surface area contributed by atoms with Crippen molar-refractivity contribution < 1.29 is 24.1 Å². The van der Waals surface area contributed by atoms with E-state index < -0.39 is 17.9 Å². The highest BCUT2D eigenvalue weighted by Crippen LogP contribution is 2.67. The molecule has 5 unspecified atom stereocenters. The Morgan fingerprint density at radius 1 is 1.00 bits per heavy atom. The molecule has 5 nitrogen and oxygen atoms in total. The molecule has 0 saturated heterocycles. The lowest BCUT2D eigenvalue weighted by Gasteiger charge is -2.58. The predicted octanol–water partition coefficient (Wildman–Crippen LogP) is 8.36.